The molecule has 0 aromatic carbocycles. The minimum absolute atomic E-state index is 0.385. The van der Waals surface area contributed by atoms with Gasteiger partial charge in [0.2, 0.25) is 0 Å². The number of carbonyl (C=O) groups is 1. The molecule has 0 aliphatic heterocycles. The molecule has 0 spiro atoms. The summed E-state index contributed by atoms with van der Waals surface area (Å²) >= 11 is 0. The average molecular weight is 330 g/mol. The first-order chi connectivity index (χ1) is 10.9. The number of ether oxygens (including phenoxy) is 2. The molecule has 3 N–H and O–H groups in total. The summed E-state index contributed by atoms with van der Waals surface area (Å²) in [6, 6.07) is 0. The number of rotatable bonds is 10. The number of unbranched alkanes of at least 4 members (excludes halogenated alkanes) is 1. The molecule has 0 heterocycles. The predicted molar refractivity (Wildman–Crippen MR) is 93.9 cm³/mol. The van der Waals surface area contributed by atoms with E-state index in [4.69, 9.17) is 9.47 Å². The third-order valence-corrected chi connectivity index (χ3v) is 2.72. The zero-order valence-electron chi connectivity index (χ0n) is 15.3. The lowest BCUT2D eigenvalue weighted by Crippen LogP contribution is -2.40. The number of hydrogen-bond acceptors (Lipinski definition) is 4. The van der Waals surface area contributed by atoms with Crippen LogP contribution >= 0.6 is 0 Å². The van der Waals surface area contributed by atoms with Crippen LogP contribution in [-0.2, 0) is 9.47 Å². The summed E-state index contributed by atoms with van der Waals surface area (Å²) in [4.78, 5) is 15.6. The summed E-state index contributed by atoms with van der Waals surface area (Å²) in [5, 5.41) is 9.08. The van der Waals surface area contributed by atoms with Gasteiger partial charge in [-0.05, 0) is 33.6 Å². The highest BCUT2D eigenvalue weighted by Crippen LogP contribution is 2.06. The Bertz CT molecular complexity index is 341. The molecule has 7 nitrogen and oxygen atoms in total. The maximum atomic E-state index is 11.5. The van der Waals surface area contributed by atoms with Crippen molar-refractivity contribution in [3.8, 4) is 0 Å². The van der Waals surface area contributed by atoms with Crippen molar-refractivity contribution in [3.63, 3.8) is 0 Å². The van der Waals surface area contributed by atoms with Crippen molar-refractivity contribution in [2.75, 3.05) is 39.9 Å². The van der Waals surface area contributed by atoms with Crippen molar-refractivity contribution in [1.29, 1.82) is 0 Å². The number of nitrogens with one attached hydrogen (secondary N) is 3. The van der Waals surface area contributed by atoms with E-state index >= 15 is 0 Å². The minimum atomic E-state index is -0.465. The topological polar surface area (TPSA) is 84.0 Å². The van der Waals surface area contributed by atoms with Crippen LogP contribution in [0.4, 0.5) is 4.79 Å². The molecule has 0 aliphatic carbocycles. The second kappa shape index (κ2) is 13.0. The Morgan fingerprint density at radius 3 is 2.26 bits per heavy atom. The van der Waals surface area contributed by atoms with Crippen molar-refractivity contribution >= 4 is 12.1 Å². The van der Waals surface area contributed by atoms with Crippen LogP contribution in [0.3, 0.4) is 0 Å². The Balaban J connectivity index is 3.59. The van der Waals surface area contributed by atoms with Crippen LogP contribution in [0.5, 0.6) is 0 Å². The lowest BCUT2D eigenvalue weighted by Gasteiger charge is -2.19. The number of carbonyl (C=O) groups excluding carboxylic acids is 1. The lowest BCUT2D eigenvalue weighted by molar-refractivity contribution is 0.0527. The molecular formula is C16H34N4O3. The summed E-state index contributed by atoms with van der Waals surface area (Å²) in [5.41, 5.74) is -0.465. The van der Waals surface area contributed by atoms with Gasteiger partial charge in [0, 0.05) is 33.3 Å². The van der Waals surface area contributed by atoms with Crippen molar-refractivity contribution in [2.24, 2.45) is 4.99 Å². The third kappa shape index (κ3) is 15.2. The van der Waals surface area contributed by atoms with Crippen LogP contribution in [-0.4, -0.2) is 57.5 Å². The molecule has 23 heavy (non-hydrogen) atoms. The Labute approximate surface area is 140 Å². The molecular weight excluding hydrogens is 296 g/mol. The van der Waals surface area contributed by atoms with E-state index in [0.717, 1.165) is 38.4 Å². The molecule has 1 amide bonds. The second-order valence-electron chi connectivity index (χ2n) is 6.17. The van der Waals surface area contributed by atoms with Crippen LogP contribution in [0, 0.1) is 0 Å². The molecule has 136 valence electrons. The largest absolute Gasteiger partial charge is 0.444 e. The summed E-state index contributed by atoms with van der Waals surface area (Å²) in [6.45, 7) is 11.1. The van der Waals surface area contributed by atoms with E-state index in [9.17, 15) is 4.79 Å². The van der Waals surface area contributed by atoms with E-state index in [-0.39, 0.29) is 6.09 Å². The molecule has 0 aliphatic rings. The molecule has 0 fully saturated rings. The zero-order chi connectivity index (χ0) is 17.6. The first-order valence-corrected chi connectivity index (χ1v) is 8.38. The van der Waals surface area contributed by atoms with E-state index in [1.807, 2.05) is 20.8 Å². The van der Waals surface area contributed by atoms with Crippen molar-refractivity contribution in [1.82, 2.24) is 16.0 Å². The van der Waals surface area contributed by atoms with E-state index in [1.54, 1.807) is 7.05 Å². The van der Waals surface area contributed by atoms with E-state index in [1.165, 1.54) is 0 Å². The molecule has 0 unspecified atom stereocenters. The van der Waals surface area contributed by atoms with Gasteiger partial charge in [-0.15, -0.1) is 0 Å². The van der Waals surface area contributed by atoms with E-state index in [2.05, 4.69) is 27.9 Å². The Kier molecular flexibility index (Phi) is 12.1. The van der Waals surface area contributed by atoms with Gasteiger partial charge in [-0.2, -0.15) is 0 Å². The number of nitrogens with zero attached hydrogens (tertiary/aromatic N) is 1. The molecule has 0 aromatic rings. The molecule has 0 saturated carbocycles. The third-order valence-electron chi connectivity index (χ3n) is 2.72. The van der Waals surface area contributed by atoms with Crippen LogP contribution in [0.25, 0.3) is 0 Å². The van der Waals surface area contributed by atoms with Crippen LogP contribution in [0.1, 0.15) is 47.0 Å². The fraction of sp³-hybridized carbons (Fsp3) is 0.875. The average Bonchev–Trinajstić information content (AvgIpc) is 2.46. The maximum Gasteiger partial charge on any atom is 0.407 e. The van der Waals surface area contributed by atoms with Crippen LogP contribution < -0.4 is 16.0 Å². The quantitative estimate of drug-likeness (QED) is 0.324. The Hall–Kier alpha value is -1.50. The summed E-state index contributed by atoms with van der Waals surface area (Å²) < 4.78 is 10.6. The standard InChI is InChI=1S/C16H34N4O3/c1-6-7-12-22-13-11-19-14(17-5)18-9-8-10-20-15(21)23-16(2,3)4/h6-13H2,1-5H3,(H,20,21)(H2,17,18,19). The zero-order valence-corrected chi connectivity index (χ0v) is 15.3. The molecule has 0 aromatic heterocycles. The Morgan fingerprint density at radius 1 is 1.00 bits per heavy atom. The highest BCUT2D eigenvalue weighted by atomic mass is 16.6. The molecule has 0 bridgehead atoms. The van der Waals surface area contributed by atoms with Crippen LogP contribution in [0.2, 0.25) is 0 Å². The molecule has 0 atom stereocenters. The van der Waals surface area contributed by atoms with Gasteiger partial charge in [-0.25, -0.2) is 4.79 Å². The Morgan fingerprint density at radius 2 is 1.65 bits per heavy atom. The second-order valence-corrected chi connectivity index (χ2v) is 6.17. The smallest absolute Gasteiger partial charge is 0.407 e. The summed E-state index contributed by atoms with van der Waals surface area (Å²) in [7, 11) is 1.73. The maximum absolute atomic E-state index is 11.5. The number of alkyl carbamates (subject to hydrolysis) is 1. The van der Waals surface area contributed by atoms with Gasteiger partial charge in [0.05, 0.1) is 6.61 Å². The monoisotopic (exact) mass is 330 g/mol. The van der Waals surface area contributed by atoms with Gasteiger partial charge in [0.25, 0.3) is 0 Å². The van der Waals surface area contributed by atoms with E-state index in [0.29, 0.717) is 19.7 Å². The molecule has 0 saturated heterocycles. The normalized spacial score (nSPS) is 12.0. The van der Waals surface area contributed by atoms with Crippen molar-refractivity contribution in [3.05, 3.63) is 0 Å². The van der Waals surface area contributed by atoms with Gasteiger partial charge >= 0.3 is 6.09 Å². The number of amides is 1. The van der Waals surface area contributed by atoms with Gasteiger partial charge in [0.1, 0.15) is 5.60 Å². The number of hydrogen-bond donors (Lipinski definition) is 3. The highest BCUT2D eigenvalue weighted by Gasteiger charge is 2.15. The fourth-order valence-electron chi connectivity index (χ4n) is 1.61. The van der Waals surface area contributed by atoms with Crippen LogP contribution in [0.15, 0.2) is 4.99 Å². The fourth-order valence-corrected chi connectivity index (χ4v) is 1.61. The molecule has 0 radical (unpaired) electrons. The number of guanidine groups is 1. The minimum Gasteiger partial charge on any atom is -0.444 e. The van der Waals surface area contributed by atoms with Gasteiger partial charge < -0.3 is 25.4 Å². The first kappa shape index (κ1) is 21.5. The van der Waals surface area contributed by atoms with Gasteiger partial charge in [-0.1, -0.05) is 13.3 Å². The van der Waals surface area contributed by atoms with Gasteiger partial charge in [0.15, 0.2) is 5.96 Å². The van der Waals surface area contributed by atoms with Crippen molar-refractivity contribution in [2.45, 2.75) is 52.6 Å². The summed E-state index contributed by atoms with van der Waals surface area (Å²) in [6.07, 6.45) is 2.64. The predicted octanol–water partition coefficient (Wildman–Crippen LogP) is 1.88. The highest BCUT2D eigenvalue weighted by molar-refractivity contribution is 5.79. The molecule has 7 heteroatoms. The van der Waals surface area contributed by atoms with Gasteiger partial charge in [-0.3, -0.25) is 4.99 Å². The molecule has 0 rings (SSSR count). The first-order valence-electron chi connectivity index (χ1n) is 8.38. The SMILES string of the molecule is CCCCOCCNC(=NC)NCCCNC(=O)OC(C)(C)C. The van der Waals surface area contributed by atoms with E-state index < -0.39 is 5.60 Å². The van der Waals surface area contributed by atoms with Crippen molar-refractivity contribution < 1.29 is 14.3 Å². The lowest BCUT2D eigenvalue weighted by atomic mass is 10.2. The summed E-state index contributed by atoms with van der Waals surface area (Å²) in [5.74, 6) is 0.737. The number of aliphatic imine (C=N–C) groups is 1.